The predicted octanol–water partition coefficient (Wildman–Crippen LogP) is 4.02. The lowest BCUT2D eigenvalue weighted by Crippen LogP contribution is -2.47. The van der Waals surface area contributed by atoms with E-state index in [0.29, 0.717) is 29.3 Å². The Morgan fingerprint density at radius 1 is 1.10 bits per heavy atom. The number of hydrogen-bond acceptors (Lipinski definition) is 5. The number of ether oxygens (including phenoxy) is 1. The van der Waals surface area contributed by atoms with E-state index < -0.39 is 11.0 Å². The second-order valence-corrected chi connectivity index (χ2v) is 8.07. The Balaban J connectivity index is 1.60. The van der Waals surface area contributed by atoms with Gasteiger partial charge in [-0.1, -0.05) is 25.0 Å². The van der Waals surface area contributed by atoms with Gasteiger partial charge in [-0.2, -0.15) is 0 Å². The molecule has 31 heavy (non-hydrogen) atoms. The number of para-hydroxylation sites is 1. The summed E-state index contributed by atoms with van der Waals surface area (Å²) in [5.74, 6) is 0.309. The molecule has 1 N–H and O–H groups in total. The zero-order chi connectivity index (χ0) is 22.0. The number of carbonyl (C=O) groups excluding carboxylic acids is 2. The predicted molar refractivity (Wildman–Crippen MR) is 115 cm³/mol. The van der Waals surface area contributed by atoms with Crippen LogP contribution in [0, 0.1) is 16.0 Å². The molecule has 0 bridgehead atoms. The topological polar surface area (TPSA) is 102 Å². The molecule has 0 aromatic heterocycles. The Morgan fingerprint density at radius 3 is 2.52 bits per heavy atom. The number of fused-ring (bicyclic) bond motifs is 1. The van der Waals surface area contributed by atoms with Gasteiger partial charge in [-0.05, 0) is 49.4 Å². The van der Waals surface area contributed by atoms with E-state index in [1.54, 1.807) is 23.1 Å². The van der Waals surface area contributed by atoms with Crippen molar-refractivity contribution in [2.75, 3.05) is 12.4 Å². The van der Waals surface area contributed by atoms with Crippen molar-refractivity contribution < 1.29 is 19.2 Å². The van der Waals surface area contributed by atoms with Crippen LogP contribution in [0.5, 0.6) is 5.75 Å². The number of non-ortho nitro benzene ring substituents is 1. The lowest BCUT2D eigenvalue weighted by atomic mass is 9.84. The Kier molecular flexibility index (Phi) is 5.88. The van der Waals surface area contributed by atoms with Crippen LogP contribution in [-0.2, 0) is 4.79 Å². The van der Waals surface area contributed by atoms with Crippen LogP contribution in [0.1, 0.15) is 42.5 Å². The van der Waals surface area contributed by atoms with Gasteiger partial charge in [-0.15, -0.1) is 0 Å². The first-order chi connectivity index (χ1) is 15.0. The Bertz CT molecular complexity index is 991. The molecule has 162 valence electrons. The van der Waals surface area contributed by atoms with Crippen molar-refractivity contribution in [2.45, 2.75) is 44.2 Å². The van der Waals surface area contributed by atoms with Crippen LogP contribution >= 0.6 is 0 Å². The summed E-state index contributed by atoms with van der Waals surface area (Å²) in [6.45, 7) is 0. The van der Waals surface area contributed by atoms with Crippen LogP contribution in [-0.4, -0.2) is 40.8 Å². The molecule has 1 aliphatic heterocycles. The standard InChI is InChI=1S/C23H25N3O5/c1-31-21-9-5-3-7-18(21)23(28)25-19-8-4-2-6-15(19)14-20(25)22(27)24-16-10-12-17(13-11-16)26(29)30/h3,5,7,9-13,15,19-20H,2,4,6,8,14H2,1H3,(H,24,27). The molecule has 0 radical (unpaired) electrons. The number of likely N-dealkylation sites (tertiary alicyclic amines) is 1. The van der Waals surface area contributed by atoms with E-state index in [2.05, 4.69) is 5.32 Å². The van der Waals surface area contributed by atoms with Crippen LogP contribution in [0.3, 0.4) is 0 Å². The molecule has 2 aromatic rings. The number of hydrogen-bond donors (Lipinski definition) is 1. The lowest BCUT2D eigenvalue weighted by Gasteiger charge is -2.34. The number of nitrogens with one attached hydrogen (secondary N) is 1. The van der Waals surface area contributed by atoms with E-state index in [0.717, 1.165) is 25.7 Å². The van der Waals surface area contributed by atoms with Gasteiger partial charge in [-0.3, -0.25) is 19.7 Å². The van der Waals surface area contributed by atoms with Gasteiger partial charge in [0.05, 0.1) is 17.6 Å². The van der Waals surface area contributed by atoms with Gasteiger partial charge in [0.2, 0.25) is 5.91 Å². The molecule has 8 nitrogen and oxygen atoms in total. The normalized spacial score (nSPS) is 22.5. The third kappa shape index (κ3) is 4.10. The van der Waals surface area contributed by atoms with Crippen LogP contribution in [0.25, 0.3) is 0 Å². The van der Waals surface area contributed by atoms with Crippen molar-refractivity contribution in [1.29, 1.82) is 0 Å². The Hall–Kier alpha value is -3.42. The molecule has 1 aliphatic carbocycles. The Labute approximate surface area is 180 Å². The third-order valence-corrected chi connectivity index (χ3v) is 6.31. The number of nitro groups is 1. The minimum Gasteiger partial charge on any atom is -0.496 e. The lowest BCUT2D eigenvalue weighted by molar-refractivity contribution is -0.384. The highest BCUT2D eigenvalue weighted by Crippen LogP contribution is 2.41. The molecule has 2 aromatic carbocycles. The van der Waals surface area contributed by atoms with E-state index in [-0.39, 0.29) is 23.5 Å². The van der Waals surface area contributed by atoms with Gasteiger partial charge in [0.15, 0.2) is 0 Å². The number of nitro benzene ring substituents is 1. The molecule has 2 fully saturated rings. The summed E-state index contributed by atoms with van der Waals surface area (Å²) in [6.07, 6.45) is 4.64. The molecular formula is C23H25N3O5. The quantitative estimate of drug-likeness (QED) is 0.578. The summed E-state index contributed by atoms with van der Waals surface area (Å²) >= 11 is 0. The maximum absolute atomic E-state index is 13.6. The minimum absolute atomic E-state index is 0.0266. The summed E-state index contributed by atoms with van der Waals surface area (Å²) in [7, 11) is 1.53. The molecule has 0 spiro atoms. The molecule has 4 rings (SSSR count). The minimum atomic E-state index is -0.597. The fourth-order valence-electron chi connectivity index (χ4n) is 4.84. The Morgan fingerprint density at radius 2 is 1.81 bits per heavy atom. The average molecular weight is 423 g/mol. The molecule has 8 heteroatoms. The highest BCUT2D eigenvalue weighted by atomic mass is 16.6. The van der Waals surface area contributed by atoms with Gasteiger partial charge in [-0.25, -0.2) is 0 Å². The number of rotatable bonds is 5. The van der Waals surface area contributed by atoms with E-state index in [1.165, 1.54) is 31.4 Å². The van der Waals surface area contributed by atoms with Crippen molar-refractivity contribution in [3.8, 4) is 5.75 Å². The number of methoxy groups -OCH3 is 1. The monoisotopic (exact) mass is 423 g/mol. The molecule has 1 saturated carbocycles. The maximum Gasteiger partial charge on any atom is 0.269 e. The first kappa shape index (κ1) is 20.8. The molecule has 1 heterocycles. The molecule has 2 amide bonds. The molecular weight excluding hydrogens is 398 g/mol. The fourth-order valence-corrected chi connectivity index (χ4v) is 4.84. The van der Waals surface area contributed by atoms with Gasteiger partial charge >= 0.3 is 0 Å². The highest BCUT2D eigenvalue weighted by Gasteiger charge is 2.48. The second-order valence-electron chi connectivity index (χ2n) is 8.07. The largest absolute Gasteiger partial charge is 0.496 e. The molecule has 2 aliphatic rings. The summed E-state index contributed by atoms with van der Waals surface area (Å²) in [4.78, 5) is 38.9. The average Bonchev–Trinajstić information content (AvgIpc) is 3.18. The second kappa shape index (κ2) is 8.75. The fraction of sp³-hybridized carbons (Fsp3) is 0.391. The van der Waals surface area contributed by atoms with E-state index >= 15 is 0 Å². The van der Waals surface area contributed by atoms with Gasteiger partial charge < -0.3 is 15.0 Å². The highest BCUT2D eigenvalue weighted by molar-refractivity contribution is 6.03. The number of carbonyl (C=O) groups is 2. The van der Waals surface area contributed by atoms with E-state index in [1.807, 2.05) is 6.07 Å². The number of anilines is 1. The van der Waals surface area contributed by atoms with Crippen molar-refractivity contribution in [1.82, 2.24) is 4.90 Å². The zero-order valence-corrected chi connectivity index (χ0v) is 17.3. The SMILES string of the molecule is COc1ccccc1C(=O)N1C(C(=O)Nc2ccc([N+](=O)[O-])cc2)CC2CCCCC21. The van der Waals surface area contributed by atoms with Crippen LogP contribution in [0.15, 0.2) is 48.5 Å². The van der Waals surface area contributed by atoms with Crippen LogP contribution in [0.4, 0.5) is 11.4 Å². The summed E-state index contributed by atoms with van der Waals surface area (Å²) < 4.78 is 5.38. The third-order valence-electron chi connectivity index (χ3n) is 6.31. The van der Waals surface area contributed by atoms with E-state index in [4.69, 9.17) is 4.74 Å². The van der Waals surface area contributed by atoms with Crippen molar-refractivity contribution in [3.05, 3.63) is 64.2 Å². The summed E-state index contributed by atoms with van der Waals surface area (Å²) in [5.41, 5.74) is 0.873. The van der Waals surface area contributed by atoms with Gasteiger partial charge in [0.25, 0.3) is 11.6 Å². The number of benzene rings is 2. The first-order valence-corrected chi connectivity index (χ1v) is 10.5. The molecule has 1 saturated heterocycles. The van der Waals surface area contributed by atoms with Crippen molar-refractivity contribution >= 4 is 23.2 Å². The van der Waals surface area contributed by atoms with Crippen LogP contribution < -0.4 is 10.1 Å². The molecule has 3 unspecified atom stereocenters. The van der Waals surface area contributed by atoms with Gasteiger partial charge in [0, 0.05) is 23.9 Å². The van der Waals surface area contributed by atoms with Gasteiger partial charge in [0.1, 0.15) is 11.8 Å². The smallest absolute Gasteiger partial charge is 0.269 e. The van der Waals surface area contributed by atoms with E-state index in [9.17, 15) is 19.7 Å². The molecule has 3 atom stereocenters. The van der Waals surface area contributed by atoms with Crippen molar-refractivity contribution in [2.24, 2.45) is 5.92 Å². The first-order valence-electron chi connectivity index (χ1n) is 10.5. The summed E-state index contributed by atoms with van der Waals surface area (Å²) in [6, 6.07) is 12.2. The maximum atomic E-state index is 13.6. The van der Waals surface area contributed by atoms with Crippen LogP contribution in [0.2, 0.25) is 0 Å². The number of amides is 2. The van der Waals surface area contributed by atoms with Crippen molar-refractivity contribution in [3.63, 3.8) is 0 Å². The summed E-state index contributed by atoms with van der Waals surface area (Å²) in [5, 5.41) is 13.7. The zero-order valence-electron chi connectivity index (χ0n) is 17.3. The number of nitrogens with zero attached hydrogens (tertiary/aromatic N) is 2.